The largest absolute Gasteiger partial charge is 0.343 e. The Morgan fingerprint density at radius 1 is 1.30 bits per heavy atom. The average molecular weight is 276 g/mol. The van der Waals surface area contributed by atoms with Gasteiger partial charge in [-0.2, -0.15) is 0 Å². The lowest BCUT2D eigenvalue weighted by Gasteiger charge is -2.25. The summed E-state index contributed by atoms with van der Waals surface area (Å²) in [7, 11) is 0. The van der Waals surface area contributed by atoms with E-state index in [1.807, 2.05) is 25.1 Å². The van der Waals surface area contributed by atoms with E-state index in [-0.39, 0.29) is 12.1 Å². The van der Waals surface area contributed by atoms with E-state index in [1.54, 1.807) is 0 Å². The number of likely N-dealkylation sites (tertiary alicyclic amines) is 1. The van der Waals surface area contributed by atoms with Gasteiger partial charge in [0.25, 0.3) is 0 Å². The molecule has 1 aromatic carbocycles. The topological polar surface area (TPSA) is 47.7 Å². The monoisotopic (exact) mass is 276 g/mol. The minimum atomic E-state index is -0.612. The van der Waals surface area contributed by atoms with Crippen LogP contribution in [0.3, 0.4) is 0 Å². The van der Waals surface area contributed by atoms with Crippen molar-refractivity contribution in [3.63, 3.8) is 0 Å². The normalized spacial score (nSPS) is 38.5. The average Bonchev–Trinajstić information content (AvgIpc) is 2.96. The fraction of sp³-hybridized carbons (Fsp3) is 0.625. The molecule has 0 spiro atoms. The van der Waals surface area contributed by atoms with E-state index >= 15 is 0 Å². The molecule has 0 radical (unpaired) electrons. The van der Waals surface area contributed by atoms with Gasteiger partial charge in [-0.3, -0.25) is 4.90 Å². The van der Waals surface area contributed by atoms with Gasteiger partial charge in [-0.25, -0.2) is 0 Å². The molecular weight excluding hydrogens is 252 g/mol. The van der Waals surface area contributed by atoms with Crippen LogP contribution in [0.5, 0.6) is 0 Å². The first kappa shape index (κ1) is 14.0. The highest BCUT2D eigenvalue weighted by Gasteiger charge is 2.40. The zero-order valence-electron chi connectivity index (χ0n) is 12.3. The fourth-order valence-electron chi connectivity index (χ4n) is 3.15. The van der Waals surface area contributed by atoms with Crippen molar-refractivity contribution in [2.75, 3.05) is 26.2 Å². The number of hydrogen-bond donors (Lipinski definition) is 1. The molecule has 2 aliphatic rings. The molecule has 0 aliphatic carbocycles. The molecule has 20 heavy (non-hydrogen) atoms. The zero-order chi connectivity index (χ0) is 14.2. The van der Waals surface area contributed by atoms with Crippen LogP contribution >= 0.6 is 0 Å². The molecule has 3 rings (SSSR count). The lowest BCUT2D eigenvalue weighted by molar-refractivity contribution is -0.163. The fourth-order valence-corrected chi connectivity index (χ4v) is 3.15. The highest BCUT2D eigenvalue weighted by molar-refractivity contribution is 5.20. The number of nitrogens with zero attached hydrogens (tertiary/aromatic N) is 1. The van der Waals surface area contributed by atoms with E-state index < -0.39 is 5.79 Å². The first-order chi connectivity index (χ1) is 9.57. The summed E-state index contributed by atoms with van der Waals surface area (Å²) in [5.74, 6) is -0.0443. The number of hydrogen-bond acceptors (Lipinski definition) is 4. The Morgan fingerprint density at radius 3 is 2.70 bits per heavy atom. The summed E-state index contributed by atoms with van der Waals surface area (Å²) >= 11 is 0. The standard InChI is InChI=1S/C16H24N2O2/c1-12-8-18(10-15(12)17)9-14-11-19-16(2,20-14)13-6-4-3-5-7-13/h3-7,12,14-15H,8-11,17H2,1-2H3. The van der Waals surface area contributed by atoms with Gasteiger partial charge in [-0.15, -0.1) is 0 Å². The molecule has 110 valence electrons. The number of nitrogens with two attached hydrogens (primary N) is 1. The molecule has 0 saturated carbocycles. The van der Waals surface area contributed by atoms with Crippen LogP contribution in [-0.4, -0.2) is 43.3 Å². The van der Waals surface area contributed by atoms with Gasteiger partial charge < -0.3 is 15.2 Å². The molecule has 4 atom stereocenters. The van der Waals surface area contributed by atoms with Crippen molar-refractivity contribution < 1.29 is 9.47 Å². The van der Waals surface area contributed by atoms with Crippen molar-refractivity contribution >= 4 is 0 Å². The predicted molar refractivity (Wildman–Crippen MR) is 78.2 cm³/mol. The van der Waals surface area contributed by atoms with Gasteiger partial charge in [-0.1, -0.05) is 37.3 Å². The van der Waals surface area contributed by atoms with Crippen molar-refractivity contribution in [3.8, 4) is 0 Å². The summed E-state index contributed by atoms with van der Waals surface area (Å²) in [5, 5.41) is 0. The summed E-state index contributed by atoms with van der Waals surface area (Å²) in [6.07, 6.45) is 0.123. The van der Waals surface area contributed by atoms with E-state index in [0.29, 0.717) is 12.5 Å². The molecule has 4 nitrogen and oxygen atoms in total. The lowest BCUT2D eigenvalue weighted by atomic mass is 10.1. The van der Waals surface area contributed by atoms with Crippen LogP contribution in [0.2, 0.25) is 0 Å². The molecule has 1 aromatic rings. The highest BCUT2D eigenvalue weighted by atomic mass is 16.7. The third-order valence-corrected chi connectivity index (χ3v) is 4.44. The summed E-state index contributed by atoms with van der Waals surface area (Å²) in [4.78, 5) is 2.39. The molecule has 0 amide bonds. The van der Waals surface area contributed by atoms with E-state index in [1.165, 1.54) is 0 Å². The molecule has 0 bridgehead atoms. The van der Waals surface area contributed by atoms with Crippen molar-refractivity contribution in [3.05, 3.63) is 35.9 Å². The SMILES string of the molecule is CC1CN(CC2COC(C)(c3ccccc3)O2)CC1N. The van der Waals surface area contributed by atoms with Crippen LogP contribution in [0, 0.1) is 5.92 Å². The van der Waals surface area contributed by atoms with Crippen molar-refractivity contribution in [1.29, 1.82) is 0 Å². The molecule has 4 unspecified atom stereocenters. The molecule has 2 saturated heterocycles. The van der Waals surface area contributed by atoms with Gasteiger partial charge in [0.2, 0.25) is 0 Å². The van der Waals surface area contributed by atoms with E-state index in [2.05, 4.69) is 24.0 Å². The maximum absolute atomic E-state index is 6.16. The van der Waals surface area contributed by atoms with Crippen LogP contribution < -0.4 is 5.73 Å². The Morgan fingerprint density at radius 2 is 2.05 bits per heavy atom. The lowest BCUT2D eigenvalue weighted by Crippen LogP contribution is -2.35. The van der Waals surface area contributed by atoms with E-state index in [9.17, 15) is 0 Å². The van der Waals surface area contributed by atoms with Gasteiger partial charge in [0.1, 0.15) is 0 Å². The molecular formula is C16H24N2O2. The second kappa shape index (κ2) is 5.45. The molecule has 2 heterocycles. The number of ether oxygens (including phenoxy) is 2. The van der Waals surface area contributed by atoms with Gasteiger partial charge in [-0.05, 0) is 12.8 Å². The van der Waals surface area contributed by atoms with Crippen LogP contribution in [0.15, 0.2) is 30.3 Å². The second-order valence-corrected chi connectivity index (χ2v) is 6.22. The smallest absolute Gasteiger partial charge is 0.192 e. The Balaban J connectivity index is 1.60. The Kier molecular flexibility index (Phi) is 3.82. The van der Waals surface area contributed by atoms with E-state index in [4.69, 9.17) is 15.2 Å². The Bertz CT molecular complexity index is 443. The van der Waals surface area contributed by atoms with Crippen LogP contribution in [-0.2, 0) is 15.3 Å². The van der Waals surface area contributed by atoms with E-state index in [0.717, 1.165) is 25.2 Å². The van der Waals surface area contributed by atoms with Crippen LogP contribution in [0.4, 0.5) is 0 Å². The maximum atomic E-state index is 6.16. The molecule has 4 heteroatoms. The maximum Gasteiger partial charge on any atom is 0.192 e. The Labute approximate surface area is 120 Å². The summed E-state index contributed by atoms with van der Waals surface area (Å²) in [6, 6.07) is 10.4. The molecule has 0 aromatic heterocycles. The van der Waals surface area contributed by atoms with Gasteiger partial charge in [0.05, 0.1) is 12.7 Å². The predicted octanol–water partition coefficient (Wildman–Crippen LogP) is 1.55. The number of benzene rings is 1. The van der Waals surface area contributed by atoms with Crippen molar-refractivity contribution in [2.45, 2.75) is 31.8 Å². The third kappa shape index (κ3) is 2.74. The minimum absolute atomic E-state index is 0.123. The van der Waals surface area contributed by atoms with Gasteiger partial charge in [0, 0.05) is 31.2 Å². The summed E-state index contributed by atoms with van der Waals surface area (Å²) in [6.45, 7) is 7.78. The summed E-state index contributed by atoms with van der Waals surface area (Å²) < 4.78 is 12.1. The Hall–Kier alpha value is -0.940. The first-order valence-corrected chi connectivity index (χ1v) is 7.42. The molecule has 2 fully saturated rings. The van der Waals surface area contributed by atoms with Crippen molar-refractivity contribution in [2.24, 2.45) is 11.7 Å². The quantitative estimate of drug-likeness (QED) is 0.910. The summed E-state index contributed by atoms with van der Waals surface area (Å²) in [5.41, 5.74) is 7.15. The van der Waals surface area contributed by atoms with Gasteiger partial charge in [0.15, 0.2) is 5.79 Å². The van der Waals surface area contributed by atoms with Crippen LogP contribution in [0.1, 0.15) is 19.4 Å². The number of rotatable bonds is 3. The van der Waals surface area contributed by atoms with Crippen molar-refractivity contribution in [1.82, 2.24) is 4.90 Å². The second-order valence-electron chi connectivity index (χ2n) is 6.22. The van der Waals surface area contributed by atoms with Gasteiger partial charge >= 0.3 is 0 Å². The third-order valence-electron chi connectivity index (χ3n) is 4.44. The zero-order valence-corrected chi connectivity index (χ0v) is 12.3. The minimum Gasteiger partial charge on any atom is -0.343 e. The molecule has 2 N–H and O–H groups in total. The first-order valence-electron chi connectivity index (χ1n) is 7.42. The molecule has 2 aliphatic heterocycles. The van der Waals surface area contributed by atoms with Crippen LogP contribution in [0.25, 0.3) is 0 Å². The highest BCUT2D eigenvalue weighted by Crippen LogP contribution is 2.34.